The highest BCUT2D eigenvalue weighted by atomic mass is 16.6. The lowest BCUT2D eigenvalue weighted by Gasteiger charge is -2.16. The van der Waals surface area contributed by atoms with Gasteiger partial charge in [-0.25, -0.2) is 4.79 Å². The number of nitrogens with one attached hydrogen (secondary N) is 1. The summed E-state index contributed by atoms with van der Waals surface area (Å²) in [5.74, 6) is -1.30. The Balaban J connectivity index is 2.06. The lowest BCUT2D eigenvalue weighted by molar-refractivity contribution is -0.385. The minimum absolute atomic E-state index is 0.205. The molecule has 0 saturated heterocycles. The highest BCUT2D eigenvalue weighted by Gasteiger charge is 2.41. The van der Waals surface area contributed by atoms with Crippen LogP contribution in [0.4, 0.5) is 11.4 Å². The maximum absolute atomic E-state index is 10.9. The van der Waals surface area contributed by atoms with Gasteiger partial charge in [0, 0.05) is 32.0 Å². The monoisotopic (exact) mass is 294 g/mol. The second kappa shape index (κ2) is 6.09. The van der Waals surface area contributed by atoms with Gasteiger partial charge in [-0.2, -0.15) is 0 Å². The molecule has 0 atom stereocenters. The summed E-state index contributed by atoms with van der Waals surface area (Å²) in [7, 11) is 1.66. The van der Waals surface area contributed by atoms with E-state index in [-0.39, 0.29) is 11.0 Å². The minimum Gasteiger partial charge on any atom is -0.477 e. The Morgan fingerprint density at radius 3 is 2.76 bits per heavy atom. The lowest BCUT2D eigenvalue weighted by Crippen LogP contribution is -2.17. The first-order valence-electron chi connectivity index (χ1n) is 6.72. The number of rotatable bonds is 8. The Hall–Kier alpha value is -2.15. The van der Waals surface area contributed by atoms with Gasteiger partial charge in [-0.1, -0.05) is 0 Å². The fourth-order valence-electron chi connectivity index (χ4n) is 2.27. The number of hydrogen-bond donors (Lipinski definition) is 2. The summed E-state index contributed by atoms with van der Waals surface area (Å²) in [6.07, 6.45) is 3.17. The molecule has 1 fully saturated rings. The first-order valence-corrected chi connectivity index (χ1v) is 6.72. The molecule has 1 aliphatic rings. The van der Waals surface area contributed by atoms with E-state index in [0.29, 0.717) is 18.8 Å². The van der Waals surface area contributed by atoms with Crippen LogP contribution in [0.15, 0.2) is 18.2 Å². The van der Waals surface area contributed by atoms with Crippen LogP contribution in [0.25, 0.3) is 0 Å². The van der Waals surface area contributed by atoms with E-state index < -0.39 is 16.6 Å². The Kier molecular flexibility index (Phi) is 4.42. The summed E-state index contributed by atoms with van der Waals surface area (Å²) >= 11 is 0. The Bertz CT molecular complexity index is 554. The number of aromatic carboxylic acids is 1. The van der Waals surface area contributed by atoms with Gasteiger partial charge in [-0.05, 0) is 36.8 Å². The normalized spacial score (nSPS) is 15.5. The average molecular weight is 294 g/mol. The number of methoxy groups -OCH3 is 1. The molecule has 2 N–H and O–H groups in total. The van der Waals surface area contributed by atoms with E-state index in [1.807, 2.05) is 0 Å². The molecule has 21 heavy (non-hydrogen) atoms. The molecule has 2 rings (SSSR count). The number of anilines is 1. The van der Waals surface area contributed by atoms with E-state index in [4.69, 9.17) is 9.84 Å². The highest BCUT2D eigenvalue weighted by Crippen LogP contribution is 2.48. The molecule has 0 heterocycles. The van der Waals surface area contributed by atoms with Gasteiger partial charge in [0.2, 0.25) is 0 Å². The van der Waals surface area contributed by atoms with Crippen molar-refractivity contribution < 1.29 is 19.6 Å². The molecule has 0 bridgehead atoms. The topological polar surface area (TPSA) is 102 Å². The van der Waals surface area contributed by atoms with Crippen molar-refractivity contribution >= 4 is 17.3 Å². The van der Waals surface area contributed by atoms with Crippen LogP contribution in [0.5, 0.6) is 0 Å². The molecule has 0 unspecified atom stereocenters. The molecule has 1 aliphatic carbocycles. The molecule has 0 aromatic heterocycles. The molecule has 0 radical (unpaired) electrons. The first kappa shape index (κ1) is 15.2. The van der Waals surface area contributed by atoms with Gasteiger partial charge in [0.05, 0.1) is 4.92 Å². The van der Waals surface area contributed by atoms with Crippen molar-refractivity contribution in [3.05, 3.63) is 33.9 Å². The number of carboxylic acid groups (broad SMARTS) is 1. The molecule has 7 heteroatoms. The maximum Gasteiger partial charge on any atom is 0.342 e. The summed E-state index contributed by atoms with van der Waals surface area (Å²) in [6, 6.07) is 4.09. The van der Waals surface area contributed by atoms with Crippen LogP contribution in [0.2, 0.25) is 0 Å². The van der Waals surface area contributed by atoms with Crippen LogP contribution < -0.4 is 5.32 Å². The zero-order chi connectivity index (χ0) is 15.5. The van der Waals surface area contributed by atoms with Crippen molar-refractivity contribution in [1.29, 1.82) is 0 Å². The van der Waals surface area contributed by atoms with Gasteiger partial charge in [-0.3, -0.25) is 10.1 Å². The van der Waals surface area contributed by atoms with Crippen LogP contribution in [0.1, 0.15) is 29.6 Å². The van der Waals surface area contributed by atoms with Gasteiger partial charge in [-0.15, -0.1) is 0 Å². The molecule has 1 aromatic carbocycles. The predicted molar refractivity (Wildman–Crippen MR) is 76.7 cm³/mol. The Labute approximate surface area is 122 Å². The first-order chi connectivity index (χ1) is 9.97. The number of benzene rings is 1. The van der Waals surface area contributed by atoms with Crippen LogP contribution in [0, 0.1) is 15.5 Å². The van der Waals surface area contributed by atoms with E-state index in [1.165, 1.54) is 12.1 Å². The summed E-state index contributed by atoms with van der Waals surface area (Å²) in [5, 5.41) is 23.0. The fraction of sp³-hybridized carbons (Fsp3) is 0.500. The second-order valence-corrected chi connectivity index (χ2v) is 5.39. The quantitative estimate of drug-likeness (QED) is 0.564. The Morgan fingerprint density at radius 2 is 2.24 bits per heavy atom. The van der Waals surface area contributed by atoms with Gasteiger partial charge >= 0.3 is 5.97 Å². The smallest absolute Gasteiger partial charge is 0.342 e. The largest absolute Gasteiger partial charge is 0.477 e. The van der Waals surface area contributed by atoms with E-state index in [2.05, 4.69) is 5.32 Å². The number of nitro groups is 1. The Morgan fingerprint density at radius 1 is 1.52 bits per heavy atom. The van der Waals surface area contributed by atoms with Crippen molar-refractivity contribution in [2.45, 2.75) is 19.3 Å². The third-order valence-corrected chi connectivity index (χ3v) is 3.89. The summed E-state index contributed by atoms with van der Waals surface area (Å²) < 4.78 is 5.08. The maximum atomic E-state index is 10.9. The van der Waals surface area contributed by atoms with Crippen LogP contribution in [0.3, 0.4) is 0 Å². The van der Waals surface area contributed by atoms with Crippen molar-refractivity contribution in [3.8, 4) is 0 Å². The average Bonchev–Trinajstić information content (AvgIpc) is 3.23. The number of carboxylic acids is 1. The van der Waals surface area contributed by atoms with Crippen LogP contribution >= 0.6 is 0 Å². The van der Waals surface area contributed by atoms with Gasteiger partial charge in [0.1, 0.15) is 5.56 Å². The lowest BCUT2D eigenvalue weighted by atomic mass is 10.0. The SMILES string of the molecule is COCCC1(CNc2ccc(C(=O)O)c([N+](=O)[O-])c2)CC1. The molecular formula is C14H18N2O5. The van der Waals surface area contributed by atoms with Crippen molar-refractivity contribution in [2.24, 2.45) is 5.41 Å². The molecule has 0 aliphatic heterocycles. The summed E-state index contributed by atoms with van der Waals surface area (Å²) in [4.78, 5) is 21.2. The molecular weight excluding hydrogens is 276 g/mol. The van der Waals surface area contributed by atoms with Crippen molar-refractivity contribution in [1.82, 2.24) is 0 Å². The standard InChI is InChI=1S/C14H18N2O5/c1-21-7-6-14(4-5-14)9-15-10-2-3-11(13(17)18)12(8-10)16(19)20/h2-3,8,15H,4-7,9H2,1H3,(H,17,18). The number of nitrogens with zero attached hydrogens (tertiary/aromatic N) is 1. The number of nitro benzene ring substituents is 1. The zero-order valence-electron chi connectivity index (χ0n) is 11.8. The molecule has 0 amide bonds. The fourth-order valence-corrected chi connectivity index (χ4v) is 2.27. The van der Waals surface area contributed by atoms with Crippen molar-refractivity contribution in [3.63, 3.8) is 0 Å². The number of ether oxygens (including phenoxy) is 1. The molecule has 7 nitrogen and oxygen atoms in total. The van der Waals surface area contributed by atoms with E-state index in [1.54, 1.807) is 13.2 Å². The second-order valence-electron chi connectivity index (χ2n) is 5.39. The molecule has 1 saturated carbocycles. The summed E-state index contributed by atoms with van der Waals surface area (Å²) in [6.45, 7) is 1.40. The van der Waals surface area contributed by atoms with Gasteiger partial charge in [0.25, 0.3) is 5.69 Å². The molecule has 1 aromatic rings. The van der Waals surface area contributed by atoms with E-state index in [9.17, 15) is 14.9 Å². The zero-order valence-corrected chi connectivity index (χ0v) is 11.8. The third kappa shape index (κ3) is 3.69. The van der Waals surface area contributed by atoms with E-state index in [0.717, 1.165) is 19.3 Å². The third-order valence-electron chi connectivity index (χ3n) is 3.89. The van der Waals surface area contributed by atoms with Crippen LogP contribution in [-0.2, 0) is 4.74 Å². The number of hydrogen-bond acceptors (Lipinski definition) is 5. The minimum atomic E-state index is -1.30. The predicted octanol–water partition coefficient (Wildman–Crippen LogP) is 2.52. The van der Waals surface area contributed by atoms with Gasteiger partial charge < -0.3 is 15.2 Å². The highest BCUT2D eigenvalue weighted by molar-refractivity contribution is 5.93. The molecule has 0 spiro atoms. The summed E-state index contributed by atoms with van der Waals surface area (Å²) in [5.41, 5.74) is 0.0756. The van der Waals surface area contributed by atoms with Crippen LogP contribution in [-0.4, -0.2) is 36.3 Å². The van der Waals surface area contributed by atoms with Crippen molar-refractivity contribution in [2.75, 3.05) is 25.6 Å². The van der Waals surface area contributed by atoms with E-state index >= 15 is 0 Å². The van der Waals surface area contributed by atoms with Gasteiger partial charge in [0.15, 0.2) is 0 Å². The number of carbonyl (C=O) groups is 1. The molecule has 114 valence electrons.